The molecule has 5 fully saturated rings. The number of aromatic hydroxyl groups is 1. The van der Waals surface area contributed by atoms with Crippen molar-refractivity contribution < 1.29 is 28.0 Å². The van der Waals surface area contributed by atoms with E-state index >= 15 is 0 Å². The number of H-pyrrole nitrogens is 1. The number of piperazine rings is 1. The number of aryl methyl sites for hydroxylation is 1. The first-order chi connectivity index (χ1) is 36.9. The number of pyridine rings is 1. The van der Waals surface area contributed by atoms with Crippen molar-refractivity contribution >= 4 is 40.4 Å². The highest BCUT2D eigenvalue weighted by atomic mass is 32.1. The van der Waals surface area contributed by atoms with Gasteiger partial charge in [-0.3, -0.25) is 19.3 Å². The molecule has 0 spiro atoms. The summed E-state index contributed by atoms with van der Waals surface area (Å²) in [6.45, 7) is 12.8. The van der Waals surface area contributed by atoms with E-state index in [4.69, 9.17) is 21.7 Å². The second-order valence-corrected chi connectivity index (χ2v) is 22.7. The summed E-state index contributed by atoms with van der Waals surface area (Å²) in [6, 6.07) is 20.3. The van der Waals surface area contributed by atoms with Crippen LogP contribution >= 0.6 is 11.3 Å². The molecule has 5 aromatic rings. The number of hydrogen-bond acceptors (Lipinski definition) is 15. The smallest absolute Gasteiger partial charge is 0.260 e. The minimum Gasteiger partial charge on any atom is -0.507 e. The molecule has 9 N–H and O–H groups in total. The maximum absolute atomic E-state index is 14.1. The lowest BCUT2D eigenvalue weighted by molar-refractivity contribution is -0.141. The zero-order valence-corrected chi connectivity index (χ0v) is 45.4. The summed E-state index contributed by atoms with van der Waals surface area (Å²) < 4.78 is 33.6. The Morgan fingerprint density at radius 3 is 2.32 bits per heavy atom. The number of alkyl halides is 2. The molecule has 412 valence electrons. The predicted molar refractivity (Wildman–Crippen MR) is 297 cm³/mol. The fourth-order valence-corrected chi connectivity index (χ4v) is 12.8. The largest absolute Gasteiger partial charge is 0.507 e. The number of thiazole rings is 1. The average molecular weight is 1080 g/mol. The Hall–Kier alpha value is -6.93. The quantitative estimate of drug-likeness (QED) is 0.0592. The number of fused-ring (bicyclic) bond motifs is 2. The zero-order chi connectivity index (χ0) is 54.5. The van der Waals surface area contributed by atoms with Crippen LogP contribution in [0.4, 0.5) is 20.3 Å². The second-order valence-electron chi connectivity index (χ2n) is 21.8. The number of hydrogen-bond donors (Lipinski definition) is 6. The number of para-hydroxylation sites is 1. The van der Waals surface area contributed by atoms with E-state index in [1.165, 1.54) is 0 Å². The number of piperidine rings is 2. The SMILES string of the molecule is Cc1ncsc1-c1ccc(C(C)NC(=O)C2CCCN2C(=O)C(c2cc(N3CCC(CN4CCCC(F)(F)C4)CC3)no2)C(C)C)cc1.NC(N)=C(/C=C(\N)c1ccccc1O)N1CC2CCC(C1)N2c1cc[nH]c(=O)c1. The van der Waals surface area contributed by atoms with Gasteiger partial charge < -0.3 is 56.7 Å². The van der Waals surface area contributed by atoms with Gasteiger partial charge in [0.05, 0.1) is 34.4 Å². The Kier molecular flexibility index (Phi) is 16.9. The fraction of sp³-hybridized carbons (Fsp3) is 0.491. The lowest BCUT2D eigenvalue weighted by Gasteiger charge is -2.44. The molecule has 5 unspecified atom stereocenters. The van der Waals surface area contributed by atoms with Gasteiger partial charge in [0.2, 0.25) is 17.4 Å². The van der Waals surface area contributed by atoms with Crippen LogP contribution in [0.15, 0.2) is 105 Å². The van der Waals surface area contributed by atoms with Gasteiger partial charge in [-0.25, -0.2) is 13.8 Å². The number of nitrogens with zero attached hydrogens (tertiary/aromatic N) is 7. The Morgan fingerprint density at radius 2 is 1.68 bits per heavy atom. The Labute approximate surface area is 453 Å². The standard InChI is InChI=1S/C36H48F2N6O3S.C21H26N6O2/c1-23(2)32(30-19-31(41-47-30)43-17-12-26(13-18-43)20-42-15-6-14-36(37,38)21-42)35(46)44-16-5-7-29(44)34(45)40-24(3)27-8-10-28(11-9-27)33-25(4)39-22-48-33;22-17(16-3-1-2-4-19(16)28)10-18(21(23)24)26-11-14-5-6-15(12-26)27(14)13-7-8-25-20(29)9-13/h8-11,19,22-24,26,29,32H,5-7,12-18,20-21H2,1-4H3,(H,40,45);1-4,7-10,14-15,28H,5-6,11-12,22-24H2,(H,25,29)/b;17-10-. The number of anilines is 2. The Bertz CT molecular complexity index is 2950. The summed E-state index contributed by atoms with van der Waals surface area (Å²) >= 11 is 1.61. The number of halogens is 2. The number of nitrogens with two attached hydrogens (primary N) is 3. The molecule has 3 aromatic heterocycles. The van der Waals surface area contributed by atoms with Gasteiger partial charge in [-0.1, -0.05) is 55.4 Å². The number of amides is 2. The molecular weight excluding hydrogens is 1000 g/mol. The first-order valence-corrected chi connectivity index (χ1v) is 28.0. The maximum atomic E-state index is 14.1. The summed E-state index contributed by atoms with van der Waals surface area (Å²) in [5, 5.41) is 17.6. The molecule has 5 atom stereocenters. The average Bonchev–Trinajstić information content (AvgIpc) is 4.24. The third-order valence-electron chi connectivity index (χ3n) is 16.0. The number of nitrogens with one attached hydrogen (secondary N) is 2. The number of phenolic OH excluding ortho intramolecular Hbond substituents is 1. The third-order valence-corrected chi connectivity index (χ3v) is 17.0. The summed E-state index contributed by atoms with van der Waals surface area (Å²) in [4.78, 5) is 57.8. The summed E-state index contributed by atoms with van der Waals surface area (Å²) in [5.74, 6) is -1.57. The Morgan fingerprint density at radius 1 is 0.948 bits per heavy atom. The van der Waals surface area contributed by atoms with Gasteiger partial charge >= 0.3 is 0 Å². The van der Waals surface area contributed by atoms with Crippen molar-refractivity contribution in [1.29, 1.82) is 0 Å². The van der Waals surface area contributed by atoms with Crippen LogP contribution in [0, 0.1) is 18.8 Å². The number of aromatic amines is 1. The molecule has 20 heteroatoms. The summed E-state index contributed by atoms with van der Waals surface area (Å²) in [7, 11) is 0. The normalized spacial score (nSPS) is 21.6. The van der Waals surface area contributed by atoms with Gasteiger partial charge in [-0.2, -0.15) is 0 Å². The van der Waals surface area contributed by atoms with Gasteiger partial charge in [0.15, 0.2) is 11.6 Å². The van der Waals surface area contributed by atoms with E-state index in [2.05, 4.69) is 47.3 Å². The Balaban J connectivity index is 0.000000212. The maximum Gasteiger partial charge on any atom is 0.260 e. The predicted octanol–water partition coefficient (Wildman–Crippen LogP) is 7.48. The zero-order valence-electron chi connectivity index (χ0n) is 44.5. The van der Waals surface area contributed by atoms with E-state index in [1.54, 1.807) is 52.8 Å². The van der Waals surface area contributed by atoms with Crippen LogP contribution in [-0.4, -0.2) is 123 Å². The van der Waals surface area contributed by atoms with Crippen LogP contribution < -0.4 is 37.9 Å². The molecule has 0 radical (unpaired) electrons. The van der Waals surface area contributed by atoms with E-state index in [-0.39, 0.29) is 66.0 Å². The van der Waals surface area contributed by atoms with Crippen molar-refractivity contribution in [3.05, 3.63) is 129 Å². The van der Waals surface area contributed by atoms with E-state index in [0.29, 0.717) is 60.4 Å². The minimum absolute atomic E-state index is 0.00873. The van der Waals surface area contributed by atoms with Gasteiger partial charge in [0, 0.05) is 93.1 Å². The molecule has 0 saturated carbocycles. The lowest BCUT2D eigenvalue weighted by Crippen LogP contribution is -2.54. The van der Waals surface area contributed by atoms with Crippen molar-refractivity contribution in [3.63, 3.8) is 0 Å². The highest BCUT2D eigenvalue weighted by molar-refractivity contribution is 7.13. The third kappa shape index (κ3) is 12.8. The lowest BCUT2D eigenvalue weighted by atomic mass is 9.91. The van der Waals surface area contributed by atoms with Crippen LogP contribution in [0.5, 0.6) is 5.75 Å². The summed E-state index contributed by atoms with van der Waals surface area (Å²) in [5.41, 5.74) is 25.6. The van der Waals surface area contributed by atoms with Crippen LogP contribution in [0.1, 0.15) is 107 Å². The number of likely N-dealkylation sites (tertiary alicyclic amines) is 3. The summed E-state index contributed by atoms with van der Waals surface area (Å²) in [6.07, 6.45) is 9.19. The van der Waals surface area contributed by atoms with Crippen molar-refractivity contribution in [3.8, 4) is 16.2 Å². The van der Waals surface area contributed by atoms with Crippen LogP contribution in [0.25, 0.3) is 16.1 Å². The monoisotopic (exact) mass is 1080 g/mol. The number of carbonyl (C=O) groups is 2. The fourth-order valence-electron chi connectivity index (χ4n) is 12.0. The molecule has 10 rings (SSSR count). The molecule has 0 aliphatic carbocycles. The van der Waals surface area contributed by atoms with Crippen molar-refractivity contribution in [2.45, 2.75) is 115 Å². The molecule has 5 saturated heterocycles. The highest BCUT2D eigenvalue weighted by Crippen LogP contribution is 2.38. The minimum atomic E-state index is -2.58. The van der Waals surface area contributed by atoms with Crippen LogP contribution in [-0.2, 0) is 9.59 Å². The van der Waals surface area contributed by atoms with Gasteiger partial charge in [0.25, 0.3) is 5.92 Å². The number of carbonyl (C=O) groups excluding carboxylic acids is 2. The number of benzene rings is 2. The molecular formula is C57H74F2N12O5S. The van der Waals surface area contributed by atoms with E-state index in [0.717, 1.165) is 92.2 Å². The molecule has 8 heterocycles. The second kappa shape index (κ2) is 23.8. The van der Waals surface area contributed by atoms with Gasteiger partial charge in [0.1, 0.15) is 23.5 Å². The van der Waals surface area contributed by atoms with Crippen molar-refractivity contribution in [1.82, 2.24) is 35.1 Å². The van der Waals surface area contributed by atoms with Gasteiger partial charge in [-0.15, -0.1) is 11.3 Å². The molecule has 17 nitrogen and oxygen atoms in total. The van der Waals surface area contributed by atoms with Crippen LogP contribution in [0.2, 0.25) is 0 Å². The number of rotatable bonds is 14. The molecule has 5 aliphatic rings. The molecule has 5 aliphatic heterocycles. The van der Waals surface area contributed by atoms with E-state index in [1.807, 2.05) is 68.4 Å². The molecule has 2 aromatic carbocycles. The van der Waals surface area contributed by atoms with Crippen LogP contribution in [0.3, 0.4) is 0 Å². The molecule has 77 heavy (non-hydrogen) atoms. The molecule has 2 amide bonds. The van der Waals surface area contributed by atoms with Crippen molar-refractivity contribution in [2.75, 3.05) is 62.2 Å². The van der Waals surface area contributed by atoms with E-state index in [9.17, 15) is 28.3 Å². The number of aromatic nitrogens is 3. The first-order valence-electron chi connectivity index (χ1n) is 27.1. The van der Waals surface area contributed by atoms with E-state index < -0.39 is 17.9 Å². The first kappa shape index (κ1) is 54.8. The topological polar surface area (TPSA) is 232 Å². The number of allylic oxidation sites excluding steroid dienone is 1. The highest BCUT2D eigenvalue weighted by Gasteiger charge is 2.43. The van der Waals surface area contributed by atoms with Gasteiger partial charge in [-0.05, 0) is 113 Å². The van der Waals surface area contributed by atoms with Crippen molar-refractivity contribution in [2.24, 2.45) is 29.0 Å². The number of phenols is 1. The molecule has 2 bridgehead atoms.